The highest BCUT2D eigenvalue weighted by Crippen LogP contribution is 2.25. The van der Waals surface area contributed by atoms with Gasteiger partial charge < -0.3 is 20.0 Å². The summed E-state index contributed by atoms with van der Waals surface area (Å²) in [6.07, 6.45) is 3.53. The van der Waals surface area contributed by atoms with Crippen LogP contribution in [0.25, 0.3) is 0 Å². The van der Waals surface area contributed by atoms with Gasteiger partial charge in [-0.15, -0.1) is 0 Å². The molecular weight excluding hydrogens is 304 g/mol. The molecule has 2 fully saturated rings. The molecule has 0 unspecified atom stereocenters. The summed E-state index contributed by atoms with van der Waals surface area (Å²) in [5, 5.41) is 21.3. The Kier molecular flexibility index (Phi) is 5.54. The first-order valence-electron chi connectivity index (χ1n) is 9.01. The first-order valence-corrected chi connectivity index (χ1v) is 9.01. The van der Waals surface area contributed by atoms with Crippen molar-refractivity contribution < 1.29 is 15.0 Å². The van der Waals surface area contributed by atoms with Gasteiger partial charge in [0.05, 0.1) is 19.1 Å². The minimum Gasteiger partial charge on any atom is -0.390 e. The van der Waals surface area contributed by atoms with Crippen molar-refractivity contribution in [1.29, 1.82) is 0 Å². The number of aliphatic hydroxyl groups excluding tert-OH is 1. The van der Waals surface area contributed by atoms with Gasteiger partial charge in [0.25, 0.3) is 0 Å². The van der Waals surface area contributed by atoms with Crippen LogP contribution >= 0.6 is 0 Å². The Morgan fingerprint density at radius 3 is 2.54 bits per heavy atom. The Balaban J connectivity index is 1.62. The van der Waals surface area contributed by atoms with Crippen LogP contribution in [-0.4, -0.2) is 70.3 Å². The SMILES string of the molecule is O=C(Cc1ccccc1)N1CC[C@H](O)[C@@](O)(CN2CCCCC2)C1. The van der Waals surface area contributed by atoms with Gasteiger partial charge in [0.2, 0.25) is 5.91 Å². The number of aliphatic hydroxyl groups is 2. The molecule has 1 amide bonds. The third-order valence-electron chi connectivity index (χ3n) is 5.25. The van der Waals surface area contributed by atoms with Crippen molar-refractivity contribution in [3.63, 3.8) is 0 Å². The average molecular weight is 332 g/mol. The number of likely N-dealkylation sites (tertiary alicyclic amines) is 2. The van der Waals surface area contributed by atoms with Crippen molar-refractivity contribution in [2.75, 3.05) is 32.7 Å². The summed E-state index contributed by atoms with van der Waals surface area (Å²) in [5.41, 5.74) is -0.240. The molecule has 24 heavy (non-hydrogen) atoms. The molecule has 2 heterocycles. The molecule has 2 aliphatic rings. The molecule has 1 aromatic rings. The molecule has 5 heteroatoms. The van der Waals surface area contributed by atoms with E-state index in [0.717, 1.165) is 31.5 Å². The minimum atomic E-state index is -1.22. The van der Waals surface area contributed by atoms with E-state index in [4.69, 9.17) is 0 Å². The summed E-state index contributed by atoms with van der Waals surface area (Å²) in [5.74, 6) is 0.0187. The Labute approximate surface area is 143 Å². The van der Waals surface area contributed by atoms with E-state index in [9.17, 15) is 15.0 Å². The molecule has 0 aliphatic carbocycles. The topological polar surface area (TPSA) is 64.0 Å². The van der Waals surface area contributed by atoms with Crippen LogP contribution in [0.2, 0.25) is 0 Å². The molecule has 3 rings (SSSR count). The van der Waals surface area contributed by atoms with Gasteiger partial charge in [-0.2, -0.15) is 0 Å². The lowest BCUT2D eigenvalue weighted by Crippen LogP contribution is -2.63. The Bertz CT molecular complexity index is 545. The summed E-state index contributed by atoms with van der Waals surface area (Å²) in [6.45, 7) is 3.11. The molecule has 5 nitrogen and oxygen atoms in total. The first kappa shape index (κ1) is 17.4. The summed E-state index contributed by atoms with van der Waals surface area (Å²) in [6, 6.07) is 9.67. The second-order valence-corrected chi connectivity index (χ2v) is 7.22. The molecule has 2 N–H and O–H groups in total. The van der Waals surface area contributed by atoms with Crippen molar-refractivity contribution in [2.45, 2.75) is 43.8 Å². The summed E-state index contributed by atoms with van der Waals surface area (Å²) >= 11 is 0. The number of β-amino-alcohol motifs (C(OH)–C–C–N with tert-alkyl or cyclic N) is 1. The van der Waals surface area contributed by atoms with E-state index in [1.165, 1.54) is 6.42 Å². The summed E-state index contributed by atoms with van der Waals surface area (Å²) in [7, 11) is 0. The molecule has 132 valence electrons. The largest absolute Gasteiger partial charge is 0.390 e. The molecule has 0 aromatic heterocycles. The average Bonchev–Trinajstić information content (AvgIpc) is 2.59. The zero-order valence-corrected chi connectivity index (χ0v) is 14.2. The predicted octanol–water partition coefficient (Wildman–Crippen LogP) is 1.04. The number of amides is 1. The quantitative estimate of drug-likeness (QED) is 0.865. The van der Waals surface area contributed by atoms with Crippen LogP contribution in [0.15, 0.2) is 30.3 Å². The normalized spacial score (nSPS) is 28.8. The van der Waals surface area contributed by atoms with E-state index >= 15 is 0 Å². The number of hydrogen-bond acceptors (Lipinski definition) is 4. The predicted molar refractivity (Wildman–Crippen MR) is 92.6 cm³/mol. The van der Waals surface area contributed by atoms with Gasteiger partial charge in [-0.25, -0.2) is 0 Å². The van der Waals surface area contributed by atoms with Crippen LogP contribution < -0.4 is 0 Å². The fourth-order valence-electron chi connectivity index (χ4n) is 3.82. The lowest BCUT2D eigenvalue weighted by molar-refractivity contribution is -0.156. The molecular formula is C19H28N2O3. The van der Waals surface area contributed by atoms with Crippen LogP contribution in [0.5, 0.6) is 0 Å². The number of hydrogen-bond donors (Lipinski definition) is 2. The molecule has 2 saturated heterocycles. The number of carbonyl (C=O) groups excluding carboxylic acids is 1. The monoisotopic (exact) mass is 332 g/mol. The van der Waals surface area contributed by atoms with Crippen LogP contribution in [0.4, 0.5) is 0 Å². The number of rotatable bonds is 4. The van der Waals surface area contributed by atoms with Gasteiger partial charge in [0.15, 0.2) is 0 Å². The summed E-state index contributed by atoms with van der Waals surface area (Å²) in [4.78, 5) is 16.5. The van der Waals surface area contributed by atoms with Crippen molar-refractivity contribution in [3.8, 4) is 0 Å². The van der Waals surface area contributed by atoms with Gasteiger partial charge in [-0.1, -0.05) is 36.8 Å². The number of benzene rings is 1. The van der Waals surface area contributed by atoms with Crippen LogP contribution in [-0.2, 0) is 11.2 Å². The highest BCUT2D eigenvalue weighted by Gasteiger charge is 2.43. The van der Waals surface area contributed by atoms with Crippen molar-refractivity contribution >= 4 is 5.91 Å². The van der Waals surface area contributed by atoms with E-state index in [1.54, 1.807) is 4.90 Å². The van der Waals surface area contributed by atoms with Gasteiger partial charge in [0, 0.05) is 13.1 Å². The van der Waals surface area contributed by atoms with Gasteiger partial charge in [0.1, 0.15) is 5.60 Å². The summed E-state index contributed by atoms with van der Waals surface area (Å²) < 4.78 is 0. The zero-order valence-electron chi connectivity index (χ0n) is 14.2. The zero-order chi connectivity index (χ0) is 17.0. The highest BCUT2D eigenvalue weighted by molar-refractivity contribution is 5.79. The number of nitrogens with zero attached hydrogens (tertiary/aromatic N) is 2. The smallest absolute Gasteiger partial charge is 0.227 e. The highest BCUT2D eigenvalue weighted by atomic mass is 16.3. The fraction of sp³-hybridized carbons (Fsp3) is 0.632. The Morgan fingerprint density at radius 2 is 1.83 bits per heavy atom. The maximum absolute atomic E-state index is 12.6. The molecule has 0 spiro atoms. The Hall–Kier alpha value is -1.43. The minimum absolute atomic E-state index is 0.0187. The maximum atomic E-state index is 12.6. The standard InChI is InChI=1S/C19H28N2O3/c22-17-9-12-21(18(23)13-16-7-3-1-4-8-16)15-19(17,24)14-20-10-5-2-6-11-20/h1,3-4,7-8,17,22,24H,2,5-6,9-15H2/t17-,19+/m0/s1. The third kappa shape index (κ3) is 4.15. The van der Waals surface area contributed by atoms with Crippen molar-refractivity contribution in [2.24, 2.45) is 0 Å². The molecule has 2 aliphatic heterocycles. The van der Waals surface area contributed by atoms with Gasteiger partial charge in [-0.05, 0) is 37.9 Å². The lowest BCUT2D eigenvalue weighted by Gasteiger charge is -2.45. The van der Waals surface area contributed by atoms with E-state index in [1.807, 2.05) is 30.3 Å². The van der Waals surface area contributed by atoms with E-state index in [-0.39, 0.29) is 12.5 Å². The molecule has 2 atom stereocenters. The maximum Gasteiger partial charge on any atom is 0.227 e. The van der Waals surface area contributed by atoms with E-state index < -0.39 is 11.7 Å². The molecule has 1 aromatic carbocycles. The van der Waals surface area contributed by atoms with Gasteiger partial charge >= 0.3 is 0 Å². The van der Waals surface area contributed by atoms with E-state index in [0.29, 0.717) is 25.9 Å². The number of piperidine rings is 2. The van der Waals surface area contributed by atoms with Crippen LogP contribution in [0.3, 0.4) is 0 Å². The van der Waals surface area contributed by atoms with Crippen LogP contribution in [0.1, 0.15) is 31.2 Å². The lowest BCUT2D eigenvalue weighted by atomic mass is 9.88. The van der Waals surface area contributed by atoms with Crippen LogP contribution in [0, 0.1) is 0 Å². The third-order valence-corrected chi connectivity index (χ3v) is 5.25. The molecule has 0 bridgehead atoms. The second kappa shape index (κ2) is 7.64. The Morgan fingerprint density at radius 1 is 1.12 bits per heavy atom. The second-order valence-electron chi connectivity index (χ2n) is 7.22. The first-order chi connectivity index (χ1) is 11.6. The molecule has 0 radical (unpaired) electrons. The van der Waals surface area contributed by atoms with E-state index in [2.05, 4.69) is 4.90 Å². The fourth-order valence-corrected chi connectivity index (χ4v) is 3.82. The van der Waals surface area contributed by atoms with Gasteiger partial charge in [-0.3, -0.25) is 4.79 Å². The van der Waals surface area contributed by atoms with Crippen molar-refractivity contribution in [1.82, 2.24) is 9.80 Å². The number of carbonyl (C=O) groups is 1. The molecule has 0 saturated carbocycles. The van der Waals surface area contributed by atoms with Crippen molar-refractivity contribution in [3.05, 3.63) is 35.9 Å².